The number of nitro groups is 1. The first-order valence-electron chi connectivity index (χ1n) is 7.70. The molecule has 2 aromatic rings. The molecule has 0 aliphatic heterocycles. The first-order valence-corrected chi connectivity index (χ1v) is 8.92. The first kappa shape index (κ1) is 19.9. The fourth-order valence-electron chi connectivity index (χ4n) is 2.11. The van der Waals surface area contributed by atoms with Gasteiger partial charge in [0.1, 0.15) is 0 Å². The van der Waals surface area contributed by atoms with Gasteiger partial charge in [-0.15, -0.1) is 11.8 Å². The fourth-order valence-corrected chi connectivity index (χ4v) is 2.66. The molecular weight excluding hydrogens is 370 g/mol. The summed E-state index contributed by atoms with van der Waals surface area (Å²) in [6.07, 6.45) is 0.572. The van der Waals surface area contributed by atoms with Crippen LogP contribution in [0.15, 0.2) is 47.4 Å². The highest BCUT2D eigenvalue weighted by molar-refractivity contribution is 7.98. The minimum Gasteiger partial charge on any atom is -0.449 e. The lowest BCUT2D eigenvalue weighted by Crippen LogP contribution is -2.30. The molecule has 0 unspecified atom stereocenters. The summed E-state index contributed by atoms with van der Waals surface area (Å²) in [6, 6.07) is 12.1. The molecule has 0 bridgehead atoms. The van der Waals surface area contributed by atoms with Crippen LogP contribution in [0.5, 0.6) is 0 Å². The van der Waals surface area contributed by atoms with Gasteiger partial charge < -0.3 is 10.1 Å². The van der Waals surface area contributed by atoms with Gasteiger partial charge >= 0.3 is 5.97 Å². The van der Waals surface area contributed by atoms with Crippen molar-refractivity contribution in [3.8, 4) is 6.07 Å². The number of amides is 1. The molecule has 1 amide bonds. The molecule has 0 heterocycles. The molecule has 138 valence electrons. The summed E-state index contributed by atoms with van der Waals surface area (Å²) >= 11 is 1.19. The zero-order valence-corrected chi connectivity index (χ0v) is 15.3. The van der Waals surface area contributed by atoms with E-state index in [9.17, 15) is 19.7 Å². The number of thioether (sulfide) groups is 1. The molecule has 0 aliphatic carbocycles. The predicted molar refractivity (Wildman–Crippen MR) is 99.5 cm³/mol. The third kappa shape index (κ3) is 5.05. The Hall–Kier alpha value is -3.38. The van der Waals surface area contributed by atoms with E-state index in [1.165, 1.54) is 30.8 Å². The van der Waals surface area contributed by atoms with Crippen molar-refractivity contribution >= 4 is 35.0 Å². The van der Waals surface area contributed by atoms with E-state index in [1.54, 1.807) is 30.5 Å². The summed E-state index contributed by atoms with van der Waals surface area (Å²) in [5, 5.41) is 22.4. The van der Waals surface area contributed by atoms with Gasteiger partial charge in [-0.2, -0.15) is 5.26 Å². The number of carbonyl (C=O) groups is 2. The van der Waals surface area contributed by atoms with E-state index in [0.717, 1.165) is 6.07 Å². The topological polar surface area (TPSA) is 122 Å². The normalized spacial score (nSPS) is 11.1. The summed E-state index contributed by atoms with van der Waals surface area (Å²) in [4.78, 5) is 35.3. The van der Waals surface area contributed by atoms with Gasteiger partial charge in [-0.05, 0) is 49.6 Å². The van der Waals surface area contributed by atoms with Gasteiger partial charge in [0.05, 0.1) is 27.0 Å². The molecule has 0 saturated carbocycles. The monoisotopic (exact) mass is 385 g/mol. The number of esters is 1. The van der Waals surface area contributed by atoms with Crippen LogP contribution >= 0.6 is 11.8 Å². The van der Waals surface area contributed by atoms with Crippen molar-refractivity contribution in [3.63, 3.8) is 0 Å². The van der Waals surface area contributed by atoms with Crippen molar-refractivity contribution in [1.29, 1.82) is 5.26 Å². The number of nitro benzene ring substituents is 1. The maximum Gasteiger partial charge on any atom is 0.339 e. The van der Waals surface area contributed by atoms with Gasteiger partial charge in [0.2, 0.25) is 0 Å². The third-order valence-electron chi connectivity index (χ3n) is 3.55. The van der Waals surface area contributed by atoms with Crippen molar-refractivity contribution in [3.05, 3.63) is 63.7 Å². The SMILES string of the molecule is CSc1ccc(C(=O)O[C@H](C)C(=O)Nc2ccc(C#N)cc2)cc1[N+](=O)[O-]. The maximum absolute atomic E-state index is 12.2. The number of rotatable bonds is 6. The van der Waals surface area contributed by atoms with Gasteiger partial charge in [-0.25, -0.2) is 4.79 Å². The molecule has 0 spiro atoms. The van der Waals surface area contributed by atoms with E-state index in [0.29, 0.717) is 16.1 Å². The van der Waals surface area contributed by atoms with E-state index >= 15 is 0 Å². The smallest absolute Gasteiger partial charge is 0.339 e. The Balaban J connectivity index is 2.05. The van der Waals surface area contributed by atoms with Crippen LogP contribution in [0.3, 0.4) is 0 Å². The minimum absolute atomic E-state index is 0.0162. The van der Waals surface area contributed by atoms with Crippen LogP contribution in [-0.4, -0.2) is 29.2 Å². The van der Waals surface area contributed by atoms with Crippen molar-refractivity contribution in [2.75, 3.05) is 11.6 Å². The highest BCUT2D eigenvalue weighted by Gasteiger charge is 2.22. The highest BCUT2D eigenvalue weighted by atomic mass is 32.2. The first-order chi connectivity index (χ1) is 12.8. The molecule has 0 aliphatic rings. The molecule has 0 saturated heterocycles. The standard InChI is InChI=1S/C18H15N3O5S/c1-11(17(22)20-14-6-3-12(10-19)4-7-14)26-18(23)13-5-8-16(27-2)15(9-13)21(24)25/h3-9,11H,1-2H3,(H,20,22)/t11-/m1/s1. The molecule has 27 heavy (non-hydrogen) atoms. The second-order valence-corrected chi connectivity index (χ2v) is 6.22. The van der Waals surface area contributed by atoms with E-state index in [2.05, 4.69) is 5.32 Å². The Labute approximate surface area is 159 Å². The number of nitriles is 1. The summed E-state index contributed by atoms with van der Waals surface area (Å²) in [5.41, 5.74) is 0.675. The lowest BCUT2D eigenvalue weighted by atomic mass is 10.2. The maximum atomic E-state index is 12.2. The Bertz CT molecular complexity index is 922. The van der Waals surface area contributed by atoms with Crippen LogP contribution in [0.2, 0.25) is 0 Å². The Kier molecular flexibility index (Phi) is 6.51. The summed E-state index contributed by atoms with van der Waals surface area (Å²) in [7, 11) is 0. The number of anilines is 1. The molecule has 0 fully saturated rings. The molecule has 0 aromatic heterocycles. The van der Waals surface area contributed by atoms with Gasteiger partial charge in [-0.3, -0.25) is 14.9 Å². The third-order valence-corrected chi connectivity index (χ3v) is 4.33. The van der Waals surface area contributed by atoms with Gasteiger partial charge in [0.15, 0.2) is 6.10 Å². The van der Waals surface area contributed by atoms with Crippen LogP contribution in [0.25, 0.3) is 0 Å². The van der Waals surface area contributed by atoms with Crippen molar-refractivity contribution in [1.82, 2.24) is 0 Å². The number of hydrogen-bond acceptors (Lipinski definition) is 7. The lowest BCUT2D eigenvalue weighted by Gasteiger charge is -2.14. The summed E-state index contributed by atoms with van der Waals surface area (Å²) < 4.78 is 5.09. The zero-order chi connectivity index (χ0) is 20.0. The number of ether oxygens (including phenoxy) is 1. The quantitative estimate of drug-likeness (QED) is 0.350. The molecule has 1 N–H and O–H groups in total. The largest absolute Gasteiger partial charge is 0.449 e. The van der Waals surface area contributed by atoms with Crippen LogP contribution in [0, 0.1) is 21.4 Å². The van der Waals surface area contributed by atoms with Crippen LogP contribution in [-0.2, 0) is 9.53 Å². The number of benzene rings is 2. The van der Waals surface area contributed by atoms with Crippen molar-refractivity contribution < 1.29 is 19.2 Å². The van der Waals surface area contributed by atoms with Crippen molar-refractivity contribution in [2.45, 2.75) is 17.9 Å². The molecule has 0 radical (unpaired) electrons. The van der Waals surface area contributed by atoms with Gasteiger partial charge in [0.25, 0.3) is 11.6 Å². The second-order valence-electron chi connectivity index (χ2n) is 5.37. The molecule has 2 aromatic carbocycles. The minimum atomic E-state index is -1.12. The average molecular weight is 385 g/mol. The highest BCUT2D eigenvalue weighted by Crippen LogP contribution is 2.28. The van der Waals surface area contributed by atoms with E-state index in [1.807, 2.05) is 6.07 Å². The predicted octanol–water partition coefficient (Wildman–Crippen LogP) is 3.37. The average Bonchev–Trinajstić information content (AvgIpc) is 2.67. The summed E-state index contributed by atoms with van der Waals surface area (Å²) in [5.74, 6) is -1.41. The second kappa shape index (κ2) is 8.82. The van der Waals surface area contributed by atoms with Gasteiger partial charge in [-0.1, -0.05) is 0 Å². The van der Waals surface area contributed by atoms with Crippen LogP contribution in [0.4, 0.5) is 11.4 Å². The molecule has 2 rings (SSSR count). The molecular formula is C18H15N3O5S. The molecule has 9 heteroatoms. The number of nitrogens with one attached hydrogen (secondary N) is 1. The Morgan fingerprint density at radius 2 is 1.93 bits per heavy atom. The van der Waals surface area contributed by atoms with Gasteiger partial charge in [0, 0.05) is 11.8 Å². The number of nitrogens with zero attached hydrogens (tertiary/aromatic N) is 2. The Morgan fingerprint density at radius 1 is 1.26 bits per heavy atom. The molecule has 1 atom stereocenters. The number of hydrogen-bond donors (Lipinski definition) is 1. The molecule has 8 nitrogen and oxygen atoms in total. The van der Waals surface area contributed by atoms with E-state index in [-0.39, 0.29) is 11.3 Å². The summed E-state index contributed by atoms with van der Waals surface area (Å²) in [6.45, 7) is 1.39. The van der Waals surface area contributed by atoms with E-state index in [4.69, 9.17) is 10.00 Å². The Morgan fingerprint density at radius 3 is 2.48 bits per heavy atom. The van der Waals surface area contributed by atoms with Crippen LogP contribution < -0.4 is 5.32 Å². The van der Waals surface area contributed by atoms with Crippen molar-refractivity contribution in [2.24, 2.45) is 0 Å². The lowest BCUT2D eigenvalue weighted by molar-refractivity contribution is -0.387. The fraction of sp³-hybridized carbons (Fsp3) is 0.167. The number of carbonyl (C=O) groups excluding carboxylic acids is 2. The van der Waals surface area contributed by atoms with E-state index < -0.39 is 22.9 Å². The van der Waals surface area contributed by atoms with Crippen LogP contribution in [0.1, 0.15) is 22.8 Å². The zero-order valence-electron chi connectivity index (χ0n) is 14.5.